The molecule has 1 aliphatic rings. The average molecular weight is 214 g/mol. The molecule has 0 saturated carbocycles. The average Bonchev–Trinajstić information content (AvgIpc) is 2.29. The van der Waals surface area contributed by atoms with Gasteiger partial charge in [-0.2, -0.15) is 0 Å². The fraction of sp³-hybridized carbons (Fsp3) is 0.909. The first-order valence-electron chi connectivity index (χ1n) is 5.79. The summed E-state index contributed by atoms with van der Waals surface area (Å²) in [7, 11) is 1.45. The third-order valence-electron chi connectivity index (χ3n) is 3.00. The van der Waals surface area contributed by atoms with Crippen LogP contribution in [-0.4, -0.2) is 50.2 Å². The number of nitrogens with one attached hydrogen (secondary N) is 1. The van der Waals surface area contributed by atoms with Gasteiger partial charge in [0, 0.05) is 32.1 Å². The van der Waals surface area contributed by atoms with E-state index in [0.717, 1.165) is 32.6 Å². The highest BCUT2D eigenvalue weighted by molar-refractivity contribution is 5.69. The van der Waals surface area contributed by atoms with E-state index in [2.05, 4.69) is 21.9 Å². The van der Waals surface area contributed by atoms with Crippen molar-refractivity contribution in [3.63, 3.8) is 0 Å². The Kier molecular flexibility index (Phi) is 5.65. The van der Waals surface area contributed by atoms with Crippen molar-refractivity contribution in [1.29, 1.82) is 0 Å². The van der Waals surface area contributed by atoms with Gasteiger partial charge in [-0.1, -0.05) is 6.92 Å². The van der Waals surface area contributed by atoms with E-state index in [1.165, 1.54) is 13.5 Å². The van der Waals surface area contributed by atoms with E-state index in [1.54, 1.807) is 0 Å². The van der Waals surface area contributed by atoms with Crippen LogP contribution in [0.1, 0.15) is 26.2 Å². The first kappa shape index (κ1) is 12.5. The minimum Gasteiger partial charge on any atom is -0.469 e. The predicted molar refractivity (Wildman–Crippen MR) is 59.8 cm³/mol. The van der Waals surface area contributed by atoms with Gasteiger partial charge in [-0.15, -0.1) is 0 Å². The Bertz CT molecular complexity index is 197. The van der Waals surface area contributed by atoms with E-state index in [4.69, 9.17) is 0 Å². The standard InChI is InChI=1S/C11H22N2O2/c1-3-10-9-12-6-8-13(10)7-4-5-11(14)15-2/h10,12H,3-9H2,1-2H3. The molecule has 1 atom stereocenters. The van der Waals surface area contributed by atoms with Crippen LogP contribution in [0.5, 0.6) is 0 Å². The summed E-state index contributed by atoms with van der Waals surface area (Å²) in [5.41, 5.74) is 0. The third kappa shape index (κ3) is 4.18. The second kappa shape index (κ2) is 6.80. The lowest BCUT2D eigenvalue weighted by atomic mass is 10.1. The van der Waals surface area contributed by atoms with Crippen molar-refractivity contribution in [3.05, 3.63) is 0 Å². The lowest BCUT2D eigenvalue weighted by Crippen LogP contribution is -2.51. The summed E-state index contributed by atoms with van der Waals surface area (Å²) < 4.78 is 4.62. The Balaban J connectivity index is 2.20. The van der Waals surface area contributed by atoms with E-state index in [-0.39, 0.29) is 5.97 Å². The lowest BCUT2D eigenvalue weighted by Gasteiger charge is -2.35. The summed E-state index contributed by atoms with van der Waals surface area (Å²) in [6.45, 7) is 6.46. The molecule has 0 aromatic rings. The number of ether oxygens (including phenoxy) is 1. The Morgan fingerprint density at radius 3 is 3.07 bits per heavy atom. The zero-order valence-corrected chi connectivity index (χ0v) is 9.79. The van der Waals surface area contributed by atoms with Crippen molar-refractivity contribution in [2.45, 2.75) is 32.2 Å². The van der Waals surface area contributed by atoms with Gasteiger partial charge in [0.2, 0.25) is 0 Å². The SMILES string of the molecule is CCC1CNCCN1CCCC(=O)OC. The van der Waals surface area contributed by atoms with E-state index >= 15 is 0 Å². The van der Waals surface area contributed by atoms with Crippen molar-refractivity contribution in [2.75, 3.05) is 33.3 Å². The van der Waals surface area contributed by atoms with Gasteiger partial charge < -0.3 is 10.1 Å². The van der Waals surface area contributed by atoms with Gasteiger partial charge in [0.05, 0.1) is 7.11 Å². The molecule has 0 spiro atoms. The molecular formula is C11H22N2O2. The summed E-state index contributed by atoms with van der Waals surface area (Å²) in [5.74, 6) is -0.0989. The molecule has 0 aliphatic carbocycles. The van der Waals surface area contributed by atoms with Crippen LogP contribution >= 0.6 is 0 Å². The Hall–Kier alpha value is -0.610. The van der Waals surface area contributed by atoms with Gasteiger partial charge in [-0.25, -0.2) is 0 Å². The molecule has 0 aromatic carbocycles. The van der Waals surface area contributed by atoms with Crippen LogP contribution in [0.15, 0.2) is 0 Å². The number of nitrogens with zero attached hydrogens (tertiary/aromatic N) is 1. The summed E-state index contributed by atoms with van der Waals surface area (Å²) in [4.78, 5) is 13.4. The number of methoxy groups -OCH3 is 1. The third-order valence-corrected chi connectivity index (χ3v) is 3.00. The second-order valence-corrected chi connectivity index (χ2v) is 3.98. The lowest BCUT2D eigenvalue weighted by molar-refractivity contribution is -0.140. The van der Waals surface area contributed by atoms with Gasteiger partial charge >= 0.3 is 5.97 Å². The number of rotatable bonds is 5. The molecule has 0 aromatic heterocycles. The maximum absolute atomic E-state index is 11.0. The van der Waals surface area contributed by atoms with Crippen molar-refractivity contribution in [2.24, 2.45) is 0 Å². The van der Waals surface area contributed by atoms with Crippen LogP contribution in [0.3, 0.4) is 0 Å². The van der Waals surface area contributed by atoms with E-state index in [9.17, 15) is 4.79 Å². The van der Waals surface area contributed by atoms with Gasteiger partial charge in [0.15, 0.2) is 0 Å². The molecule has 0 radical (unpaired) electrons. The van der Waals surface area contributed by atoms with E-state index < -0.39 is 0 Å². The molecule has 0 bridgehead atoms. The molecule has 1 saturated heterocycles. The van der Waals surface area contributed by atoms with Crippen molar-refractivity contribution < 1.29 is 9.53 Å². The number of carbonyl (C=O) groups excluding carboxylic acids is 1. The zero-order chi connectivity index (χ0) is 11.1. The molecule has 15 heavy (non-hydrogen) atoms. The number of esters is 1. The Labute approximate surface area is 92.0 Å². The maximum Gasteiger partial charge on any atom is 0.305 e. The van der Waals surface area contributed by atoms with E-state index in [0.29, 0.717) is 12.5 Å². The van der Waals surface area contributed by atoms with Crippen LogP contribution < -0.4 is 5.32 Å². The Morgan fingerprint density at radius 1 is 1.60 bits per heavy atom. The molecule has 1 N–H and O–H groups in total. The van der Waals surface area contributed by atoms with E-state index in [1.807, 2.05) is 0 Å². The molecule has 1 fully saturated rings. The smallest absolute Gasteiger partial charge is 0.305 e. The molecule has 1 aliphatic heterocycles. The van der Waals surface area contributed by atoms with Crippen molar-refractivity contribution >= 4 is 5.97 Å². The molecular weight excluding hydrogens is 192 g/mol. The minimum atomic E-state index is -0.0989. The fourth-order valence-corrected chi connectivity index (χ4v) is 2.03. The topological polar surface area (TPSA) is 41.6 Å². The summed E-state index contributed by atoms with van der Waals surface area (Å²) in [5, 5.41) is 3.39. The quantitative estimate of drug-likeness (QED) is 0.681. The zero-order valence-electron chi connectivity index (χ0n) is 9.79. The van der Waals surface area contributed by atoms with Gasteiger partial charge in [0.1, 0.15) is 0 Å². The normalized spacial score (nSPS) is 22.7. The van der Waals surface area contributed by atoms with Gasteiger partial charge in [-0.3, -0.25) is 9.69 Å². The summed E-state index contributed by atoms with van der Waals surface area (Å²) in [6, 6.07) is 0.636. The molecule has 88 valence electrons. The highest BCUT2D eigenvalue weighted by Crippen LogP contribution is 2.08. The fourth-order valence-electron chi connectivity index (χ4n) is 2.03. The molecule has 1 rings (SSSR count). The summed E-state index contributed by atoms with van der Waals surface area (Å²) in [6.07, 6.45) is 2.62. The highest BCUT2D eigenvalue weighted by Gasteiger charge is 2.19. The molecule has 1 unspecified atom stereocenters. The predicted octanol–water partition coefficient (Wildman–Crippen LogP) is 0.623. The van der Waals surface area contributed by atoms with Gasteiger partial charge in [0.25, 0.3) is 0 Å². The van der Waals surface area contributed by atoms with Crippen LogP contribution in [0.4, 0.5) is 0 Å². The molecule has 4 heteroatoms. The largest absolute Gasteiger partial charge is 0.469 e. The number of hydrogen-bond donors (Lipinski definition) is 1. The summed E-state index contributed by atoms with van der Waals surface area (Å²) >= 11 is 0. The van der Waals surface area contributed by atoms with Crippen LogP contribution in [-0.2, 0) is 9.53 Å². The van der Waals surface area contributed by atoms with Crippen LogP contribution in [0, 0.1) is 0 Å². The van der Waals surface area contributed by atoms with Gasteiger partial charge in [-0.05, 0) is 19.4 Å². The number of carbonyl (C=O) groups is 1. The monoisotopic (exact) mass is 214 g/mol. The highest BCUT2D eigenvalue weighted by atomic mass is 16.5. The minimum absolute atomic E-state index is 0.0989. The number of hydrogen-bond acceptors (Lipinski definition) is 4. The number of piperazine rings is 1. The first-order valence-corrected chi connectivity index (χ1v) is 5.79. The van der Waals surface area contributed by atoms with Crippen molar-refractivity contribution in [3.8, 4) is 0 Å². The first-order chi connectivity index (χ1) is 7.27. The maximum atomic E-state index is 11.0. The van der Waals surface area contributed by atoms with Crippen LogP contribution in [0.2, 0.25) is 0 Å². The second-order valence-electron chi connectivity index (χ2n) is 3.98. The van der Waals surface area contributed by atoms with Crippen LogP contribution in [0.25, 0.3) is 0 Å². The van der Waals surface area contributed by atoms with Crippen molar-refractivity contribution in [1.82, 2.24) is 10.2 Å². The molecule has 0 amide bonds. The molecule has 1 heterocycles. The Morgan fingerprint density at radius 2 is 2.40 bits per heavy atom. The molecule has 4 nitrogen and oxygen atoms in total.